The van der Waals surface area contributed by atoms with E-state index in [0.717, 1.165) is 12.4 Å². The van der Waals surface area contributed by atoms with Crippen molar-refractivity contribution < 1.29 is 9.47 Å². The number of fused-ring (bicyclic) bond motifs is 1. The SMILES string of the molecule is CC(C)N1CN(C(C)C)c2cc(OCOC(C)(C)CN)ccc21. The molecule has 0 bridgehead atoms. The lowest BCUT2D eigenvalue weighted by Crippen LogP contribution is -2.38. The highest BCUT2D eigenvalue weighted by Gasteiger charge is 2.29. The molecular weight excluding hydrogens is 290 g/mol. The molecule has 1 aromatic carbocycles. The van der Waals surface area contributed by atoms with Crippen molar-refractivity contribution in [3.63, 3.8) is 0 Å². The third-order valence-corrected chi connectivity index (χ3v) is 4.28. The van der Waals surface area contributed by atoms with Gasteiger partial charge >= 0.3 is 0 Å². The Hall–Kier alpha value is -1.46. The van der Waals surface area contributed by atoms with Crippen LogP contribution in [-0.4, -0.2) is 37.7 Å². The number of ether oxygens (including phenoxy) is 2. The maximum Gasteiger partial charge on any atom is 0.189 e. The molecule has 0 aromatic heterocycles. The summed E-state index contributed by atoms with van der Waals surface area (Å²) in [5.74, 6) is 0.827. The maximum atomic E-state index is 5.77. The first-order valence-corrected chi connectivity index (χ1v) is 8.39. The van der Waals surface area contributed by atoms with E-state index in [1.165, 1.54) is 11.4 Å². The molecule has 0 fully saturated rings. The number of hydrogen-bond donors (Lipinski definition) is 1. The third-order valence-electron chi connectivity index (χ3n) is 4.28. The lowest BCUT2D eigenvalue weighted by atomic mass is 10.1. The largest absolute Gasteiger partial charge is 0.467 e. The van der Waals surface area contributed by atoms with E-state index in [2.05, 4.69) is 49.6 Å². The fourth-order valence-electron chi connectivity index (χ4n) is 2.58. The lowest BCUT2D eigenvalue weighted by Gasteiger charge is -2.27. The fourth-order valence-corrected chi connectivity index (χ4v) is 2.58. The summed E-state index contributed by atoms with van der Waals surface area (Å²) < 4.78 is 11.4. The van der Waals surface area contributed by atoms with Crippen molar-refractivity contribution in [1.82, 2.24) is 0 Å². The van der Waals surface area contributed by atoms with Crippen LogP contribution in [0.1, 0.15) is 41.5 Å². The van der Waals surface area contributed by atoms with Crippen molar-refractivity contribution in [2.24, 2.45) is 5.73 Å². The molecule has 0 atom stereocenters. The van der Waals surface area contributed by atoms with Crippen molar-refractivity contribution >= 4 is 11.4 Å². The number of hydrogen-bond acceptors (Lipinski definition) is 5. The maximum absolute atomic E-state index is 5.77. The molecule has 23 heavy (non-hydrogen) atoms. The van der Waals surface area contributed by atoms with Crippen molar-refractivity contribution in [3.8, 4) is 5.75 Å². The number of rotatable bonds is 7. The van der Waals surface area contributed by atoms with Crippen LogP contribution in [0.3, 0.4) is 0 Å². The smallest absolute Gasteiger partial charge is 0.189 e. The molecule has 5 nitrogen and oxygen atoms in total. The highest BCUT2D eigenvalue weighted by molar-refractivity contribution is 5.78. The topological polar surface area (TPSA) is 51.0 Å². The second kappa shape index (κ2) is 6.97. The summed E-state index contributed by atoms with van der Waals surface area (Å²) in [6.45, 7) is 14.4. The first kappa shape index (κ1) is 17.9. The molecule has 0 spiro atoms. The van der Waals surface area contributed by atoms with Crippen molar-refractivity contribution in [2.45, 2.75) is 59.2 Å². The molecule has 0 unspecified atom stereocenters. The summed E-state index contributed by atoms with van der Waals surface area (Å²) in [7, 11) is 0. The molecule has 0 radical (unpaired) electrons. The highest BCUT2D eigenvalue weighted by Crippen LogP contribution is 2.40. The number of nitrogens with two attached hydrogens (primary N) is 1. The minimum absolute atomic E-state index is 0.207. The molecule has 0 amide bonds. The van der Waals surface area contributed by atoms with Gasteiger partial charge in [0.1, 0.15) is 5.75 Å². The highest BCUT2D eigenvalue weighted by atomic mass is 16.7. The molecule has 2 N–H and O–H groups in total. The van der Waals surface area contributed by atoms with Gasteiger partial charge in [0.2, 0.25) is 0 Å². The first-order chi connectivity index (χ1) is 10.7. The van der Waals surface area contributed by atoms with Gasteiger partial charge in [-0.25, -0.2) is 0 Å². The Labute approximate surface area is 140 Å². The molecular formula is C18H31N3O2. The molecule has 1 aliphatic heterocycles. The summed E-state index contributed by atoms with van der Waals surface area (Å²) in [6, 6.07) is 7.17. The molecule has 0 aliphatic carbocycles. The van der Waals surface area contributed by atoms with Crippen molar-refractivity contribution in [1.29, 1.82) is 0 Å². The van der Waals surface area contributed by atoms with Crippen LogP contribution in [-0.2, 0) is 4.74 Å². The van der Waals surface area contributed by atoms with E-state index in [1.807, 2.05) is 19.9 Å². The zero-order chi connectivity index (χ0) is 17.2. The fraction of sp³-hybridized carbons (Fsp3) is 0.667. The Kier molecular flexibility index (Phi) is 5.42. The Bertz CT molecular complexity index is 529. The van der Waals surface area contributed by atoms with E-state index >= 15 is 0 Å². The molecule has 1 heterocycles. The van der Waals surface area contributed by atoms with E-state index in [1.54, 1.807) is 0 Å². The zero-order valence-corrected chi connectivity index (χ0v) is 15.3. The van der Waals surface area contributed by atoms with Gasteiger partial charge < -0.3 is 25.0 Å². The summed E-state index contributed by atoms with van der Waals surface area (Å²) in [4.78, 5) is 4.81. The van der Waals surface area contributed by atoms with Crippen LogP contribution < -0.4 is 20.3 Å². The molecule has 5 heteroatoms. The summed E-state index contributed by atoms with van der Waals surface area (Å²) in [5.41, 5.74) is 7.79. The number of anilines is 2. The van der Waals surface area contributed by atoms with Gasteiger partial charge in [0.15, 0.2) is 6.79 Å². The second-order valence-electron chi connectivity index (χ2n) is 7.29. The zero-order valence-electron chi connectivity index (χ0n) is 15.3. The Morgan fingerprint density at radius 1 is 1.09 bits per heavy atom. The van der Waals surface area contributed by atoms with Crippen LogP contribution in [0, 0.1) is 0 Å². The van der Waals surface area contributed by atoms with Crippen LogP contribution in [0.25, 0.3) is 0 Å². The van der Waals surface area contributed by atoms with Crippen molar-refractivity contribution in [3.05, 3.63) is 18.2 Å². The Morgan fingerprint density at radius 3 is 2.26 bits per heavy atom. The predicted molar refractivity (Wildman–Crippen MR) is 96.3 cm³/mol. The summed E-state index contributed by atoms with van der Waals surface area (Å²) in [5, 5.41) is 0. The minimum atomic E-state index is -0.366. The van der Waals surface area contributed by atoms with Gasteiger partial charge in [-0.15, -0.1) is 0 Å². The van der Waals surface area contributed by atoms with Gasteiger partial charge in [-0.3, -0.25) is 0 Å². The Morgan fingerprint density at radius 2 is 1.70 bits per heavy atom. The van der Waals surface area contributed by atoms with Gasteiger partial charge in [-0.05, 0) is 53.7 Å². The predicted octanol–water partition coefficient (Wildman–Crippen LogP) is 3.18. The van der Waals surface area contributed by atoms with E-state index in [0.29, 0.717) is 18.6 Å². The molecule has 0 saturated carbocycles. The van der Waals surface area contributed by atoms with Crippen LogP contribution in [0.15, 0.2) is 18.2 Å². The van der Waals surface area contributed by atoms with Crippen LogP contribution >= 0.6 is 0 Å². The van der Waals surface area contributed by atoms with E-state index in [9.17, 15) is 0 Å². The molecule has 1 aromatic rings. The monoisotopic (exact) mass is 321 g/mol. The van der Waals surface area contributed by atoms with Crippen LogP contribution in [0.2, 0.25) is 0 Å². The molecule has 0 saturated heterocycles. The van der Waals surface area contributed by atoms with E-state index < -0.39 is 0 Å². The van der Waals surface area contributed by atoms with Gasteiger partial charge in [-0.2, -0.15) is 0 Å². The van der Waals surface area contributed by atoms with Crippen LogP contribution in [0.5, 0.6) is 5.75 Å². The van der Waals surface area contributed by atoms with E-state index in [4.69, 9.17) is 15.2 Å². The average molecular weight is 321 g/mol. The summed E-state index contributed by atoms with van der Waals surface area (Å²) >= 11 is 0. The lowest BCUT2D eigenvalue weighted by molar-refractivity contribution is -0.0807. The molecule has 2 rings (SSSR count). The quantitative estimate of drug-likeness (QED) is 0.782. The number of benzene rings is 1. The first-order valence-electron chi connectivity index (χ1n) is 8.39. The third kappa shape index (κ3) is 4.09. The van der Waals surface area contributed by atoms with Gasteiger partial charge in [0.25, 0.3) is 0 Å². The Balaban J connectivity index is 2.13. The van der Waals surface area contributed by atoms with E-state index in [-0.39, 0.29) is 12.4 Å². The second-order valence-corrected chi connectivity index (χ2v) is 7.29. The average Bonchev–Trinajstić information content (AvgIpc) is 2.86. The standard InChI is InChI=1S/C18H31N3O2/c1-13(2)20-11-21(14(3)4)17-9-15(7-8-16(17)20)22-12-23-18(5,6)10-19/h7-9,13-14H,10-12,19H2,1-6H3. The van der Waals surface area contributed by atoms with Gasteiger partial charge in [0, 0.05) is 24.7 Å². The molecule has 1 aliphatic rings. The number of nitrogens with zero attached hydrogens (tertiary/aromatic N) is 2. The summed E-state index contributed by atoms with van der Waals surface area (Å²) in [6.07, 6.45) is 0. The van der Waals surface area contributed by atoms with Crippen molar-refractivity contribution in [2.75, 3.05) is 29.8 Å². The molecule has 130 valence electrons. The normalized spacial score (nSPS) is 14.8. The van der Waals surface area contributed by atoms with Gasteiger partial charge in [-0.1, -0.05) is 0 Å². The van der Waals surface area contributed by atoms with Gasteiger partial charge in [0.05, 0.1) is 23.6 Å². The van der Waals surface area contributed by atoms with Crippen LogP contribution in [0.4, 0.5) is 11.4 Å². The minimum Gasteiger partial charge on any atom is -0.467 e.